The second kappa shape index (κ2) is 7.87. The zero-order valence-electron chi connectivity index (χ0n) is 15.4. The number of likely N-dealkylation sites (tertiary alicyclic amines) is 1. The highest BCUT2D eigenvalue weighted by Gasteiger charge is 2.22. The molecule has 5 nitrogen and oxygen atoms in total. The van der Waals surface area contributed by atoms with Gasteiger partial charge in [-0.25, -0.2) is 4.98 Å². The van der Waals surface area contributed by atoms with Crippen molar-refractivity contribution in [1.29, 1.82) is 0 Å². The fourth-order valence-corrected chi connectivity index (χ4v) is 3.84. The van der Waals surface area contributed by atoms with E-state index in [-0.39, 0.29) is 0 Å². The molecule has 1 fully saturated rings. The summed E-state index contributed by atoms with van der Waals surface area (Å²) in [6.07, 6.45) is 8.23. The molecule has 1 aliphatic heterocycles. The minimum atomic E-state index is 0.584. The Kier molecular flexibility index (Phi) is 5.16. The van der Waals surface area contributed by atoms with Crippen molar-refractivity contribution in [1.82, 2.24) is 24.6 Å². The molecule has 0 amide bonds. The van der Waals surface area contributed by atoms with Crippen LogP contribution in [0.25, 0.3) is 0 Å². The molecular formula is C21H27N5. The third-order valence-corrected chi connectivity index (χ3v) is 5.47. The highest BCUT2D eigenvalue weighted by atomic mass is 15.1. The van der Waals surface area contributed by atoms with Crippen molar-refractivity contribution in [2.45, 2.75) is 31.6 Å². The fraction of sp³-hybridized carbons (Fsp3) is 0.429. The summed E-state index contributed by atoms with van der Waals surface area (Å²) in [5.74, 6) is 1.75. The van der Waals surface area contributed by atoms with Crippen molar-refractivity contribution in [3.05, 3.63) is 71.6 Å². The Labute approximate surface area is 155 Å². The van der Waals surface area contributed by atoms with Crippen molar-refractivity contribution in [3.63, 3.8) is 0 Å². The molecule has 1 saturated heterocycles. The van der Waals surface area contributed by atoms with Crippen LogP contribution >= 0.6 is 0 Å². The number of aryl methyl sites for hydroxylation is 1. The molecule has 4 rings (SSSR count). The van der Waals surface area contributed by atoms with Gasteiger partial charge in [0.2, 0.25) is 0 Å². The van der Waals surface area contributed by atoms with E-state index in [1.54, 1.807) is 0 Å². The van der Waals surface area contributed by atoms with E-state index >= 15 is 0 Å². The van der Waals surface area contributed by atoms with Crippen molar-refractivity contribution in [3.8, 4) is 0 Å². The molecule has 1 aliphatic rings. The van der Waals surface area contributed by atoms with Gasteiger partial charge in [0.25, 0.3) is 0 Å². The van der Waals surface area contributed by atoms with Crippen LogP contribution in [-0.4, -0.2) is 44.3 Å². The second-order valence-electron chi connectivity index (χ2n) is 7.30. The lowest BCUT2D eigenvalue weighted by molar-refractivity contribution is 0.211. The molecule has 0 radical (unpaired) electrons. The molecule has 1 aromatic carbocycles. The summed E-state index contributed by atoms with van der Waals surface area (Å²) in [7, 11) is 2.07. The Morgan fingerprint density at radius 1 is 1.15 bits per heavy atom. The van der Waals surface area contributed by atoms with Gasteiger partial charge in [-0.3, -0.25) is 5.10 Å². The number of benzene rings is 1. The Balaban J connectivity index is 1.27. The van der Waals surface area contributed by atoms with Gasteiger partial charge in [-0.1, -0.05) is 30.3 Å². The maximum absolute atomic E-state index is 4.60. The number of piperidine rings is 1. The van der Waals surface area contributed by atoms with Gasteiger partial charge in [-0.2, -0.15) is 5.10 Å². The Bertz CT molecular complexity index is 812. The minimum absolute atomic E-state index is 0.584. The molecule has 0 saturated carbocycles. The lowest BCUT2D eigenvalue weighted by Gasteiger charge is -2.31. The predicted octanol–water partition coefficient (Wildman–Crippen LogP) is 3.16. The van der Waals surface area contributed by atoms with E-state index in [9.17, 15) is 0 Å². The molecule has 1 N–H and O–H groups in total. The van der Waals surface area contributed by atoms with Crippen LogP contribution in [0.3, 0.4) is 0 Å². The summed E-state index contributed by atoms with van der Waals surface area (Å²) in [5, 5.41) is 7.84. The monoisotopic (exact) mass is 349 g/mol. The molecule has 0 aliphatic carbocycles. The third-order valence-electron chi connectivity index (χ3n) is 5.47. The number of rotatable bonds is 6. The molecule has 0 bridgehead atoms. The van der Waals surface area contributed by atoms with E-state index in [4.69, 9.17) is 0 Å². The number of nitrogens with one attached hydrogen (secondary N) is 1. The molecule has 0 atom stereocenters. The van der Waals surface area contributed by atoms with Crippen LogP contribution < -0.4 is 0 Å². The maximum atomic E-state index is 4.60. The molecule has 5 heteroatoms. The van der Waals surface area contributed by atoms with Crippen LogP contribution in [0.1, 0.15) is 41.5 Å². The summed E-state index contributed by atoms with van der Waals surface area (Å²) < 4.78 is 2.12. The number of nitrogens with zero attached hydrogens (tertiary/aromatic N) is 4. The fourth-order valence-electron chi connectivity index (χ4n) is 3.84. The third kappa shape index (κ3) is 4.05. The topological polar surface area (TPSA) is 49.7 Å². The standard InChI is InChI=1S/C21H27N5/c1-25-14-10-22-21(25)9-13-26-11-7-18(8-12-26)20-16-19(23-24-20)15-17-5-3-2-4-6-17/h2-6,10,14,16,18H,7-9,11-13,15H2,1H3,(H,23,24). The zero-order valence-corrected chi connectivity index (χ0v) is 15.4. The molecule has 2 aromatic heterocycles. The highest BCUT2D eigenvalue weighted by molar-refractivity contribution is 5.23. The van der Waals surface area contributed by atoms with E-state index in [0.29, 0.717) is 5.92 Å². The summed E-state index contributed by atoms with van der Waals surface area (Å²) in [4.78, 5) is 6.98. The van der Waals surface area contributed by atoms with Crippen LogP contribution in [0, 0.1) is 0 Å². The van der Waals surface area contributed by atoms with Crippen molar-refractivity contribution in [2.24, 2.45) is 7.05 Å². The largest absolute Gasteiger partial charge is 0.338 e. The molecule has 3 aromatic rings. The normalized spacial score (nSPS) is 16.2. The van der Waals surface area contributed by atoms with Crippen molar-refractivity contribution < 1.29 is 0 Å². The predicted molar refractivity (Wildman–Crippen MR) is 103 cm³/mol. The minimum Gasteiger partial charge on any atom is -0.338 e. The van der Waals surface area contributed by atoms with Gasteiger partial charge in [0.15, 0.2) is 0 Å². The molecule has 0 spiro atoms. The van der Waals surface area contributed by atoms with Gasteiger partial charge in [0, 0.05) is 50.4 Å². The first-order chi connectivity index (χ1) is 12.8. The van der Waals surface area contributed by atoms with Gasteiger partial charge in [0.05, 0.1) is 5.69 Å². The number of hydrogen-bond donors (Lipinski definition) is 1. The first-order valence-electron chi connectivity index (χ1n) is 9.54. The van der Waals surface area contributed by atoms with Crippen LogP contribution in [-0.2, 0) is 19.9 Å². The number of H-pyrrole nitrogens is 1. The lowest BCUT2D eigenvalue weighted by Crippen LogP contribution is -2.34. The highest BCUT2D eigenvalue weighted by Crippen LogP contribution is 2.27. The smallest absolute Gasteiger partial charge is 0.109 e. The maximum Gasteiger partial charge on any atom is 0.109 e. The molecule has 0 unspecified atom stereocenters. The molecular weight excluding hydrogens is 322 g/mol. The van der Waals surface area contributed by atoms with Crippen LogP contribution in [0.2, 0.25) is 0 Å². The first-order valence-corrected chi connectivity index (χ1v) is 9.54. The van der Waals surface area contributed by atoms with Crippen molar-refractivity contribution >= 4 is 0 Å². The zero-order chi connectivity index (χ0) is 17.8. The van der Waals surface area contributed by atoms with Gasteiger partial charge >= 0.3 is 0 Å². The van der Waals surface area contributed by atoms with Crippen LogP contribution in [0.5, 0.6) is 0 Å². The molecule has 136 valence electrons. The molecule has 26 heavy (non-hydrogen) atoms. The quantitative estimate of drug-likeness (QED) is 0.744. The van der Waals surface area contributed by atoms with E-state index in [1.165, 1.54) is 35.6 Å². The number of imidazole rings is 1. The average Bonchev–Trinajstić information content (AvgIpc) is 3.30. The van der Waals surface area contributed by atoms with Gasteiger partial charge in [-0.05, 0) is 37.6 Å². The number of aromatic amines is 1. The van der Waals surface area contributed by atoms with E-state index < -0.39 is 0 Å². The van der Waals surface area contributed by atoms with Crippen LogP contribution in [0.15, 0.2) is 48.8 Å². The number of aromatic nitrogens is 4. The SMILES string of the molecule is Cn1ccnc1CCN1CCC(c2cc(Cc3ccccc3)[nH]n2)CC1. The summed E-state index contributed by atoms with van der Waals surface area (Å²) in [6, 6.07) is 12.8. The molecule has 3 heterocycles. The first kappa shape index (κ1) is 17.0. The summed E-state index contributed by atoms with van der Waals surface area (Å²) in [5.41, 5.74) is 3.77. The van der Waals surface area contributed by atoms with Gasteiger partial charge in [0.1, 0.15) is 5.82 Å². The van der Waals surface area contributed by atoms with Crippen molar-refractivity contribution in [2.75, 3.05) is 19.6 Å². The average molecular weight is 349 g/mol. The van der Waals surface area contributed by atoms with E-state index in [0.717, 1.165) is 32.5 Å². The second-order valence-corrected chi connectivity index (χ2v) is 7.30. The van der Waals surface area contributed by atoms with E-state index in [1.807, 2.05) is 12.4 Å². The van der Waals surface area contributed by atoms with Gasteiger partial charge < -0.3 is 9.47 Å². The summed E-state index contributed by atoms with van der Waals surface area (Å²) in [6.45, 7) is 3.39. The summed E-state index contributed by atoms with van der Waals surface area (Å²) >= 11 is 0. The Morgan fingerprint density at radius 3 is 2.69 bits per heavy atom. The Morgan fingerprint density at radius 2 is 1.96 bits per heavy atom. The van der Waals surface area contributed by atoms with Gasteiger partial charge in [-0.15, -0.1) is 0 Å². The van der Waals surface area contributed by atoms with E-state index in [2.05, 4.69) is 68.1 Å². The number of hydrogen-bond acceptors (Lipinski definition) is 3. The van der Waals surface area contributed by atoms with Crippen LogP contribution in [0.4, 0.5) is 0 Å². The lowest BCUT2D eigenvalue weighted by atomic mass is 9.93. The Hall–Kier alpha value is -2.40.